The number of carboxylic acid groups (broad SMARTS) is 1. The molecule has 0 saturated carbocycles. The molecule has 1 atom stereocenters. The van der Waals surface area contributed by atoms with Crippen molar-refractivity contribution in [1.29, 1.82) is 0 Å². The van der Waals surface area contributed by atoms with Gasteiger partial charge in [0.05, 0.1) is 5.92 Å². The summed E-state index contributed by atoms with van der Waals surface area (Å²) in [6.45, 7) is -2.36. The van der Waals surface area contributed by atoms with Gasteiger partial charge in [-0.25, -0.2) is 0 Å². The molecule has 1 N–H and O–H groups in total. The summed E-state index contributed by atoms with van der Waals surface area (Å²) in [6.07, 6.45) is 0.424. The molecule has 5 nitrogen and oxygen atoms in total. The minimum atomic E-state index is -2.91. The van der Waals surface area contributed by atoms with Crippen LogP contribution in [0.1, 0.15) is 16.8 Å². The molecule has 1 amide bonds. The van der Waals surface area contributed by atoms with Gasteiger partial charge in [-0.15, -0.1) is 0 Å². The van der Waals surface area contributed by atoms with Gasteiger partial charge in [-0.2, -0.15) is 8.78 Å². The van der Waals surface area contributed by atoms with Crippen LogP contribution in [0.25, 0.3) is 0 Å². The molecular formula is C13H13F2NO4. The molecule has 108 valence electrons. The first-order valence-electron chi connectivity index (χ1n) is 6.04. The number of likely N-dealkylation sites (tertiary alicyclic amines) is 1. The first kappa shape index (κ1) is 14.2. The third-order valence-corrected chi connectivity index (χ3v) is 3.15. The predicted octanol–water partition coefficient (Wildman–Crippen LogP) is 1.83. The van der Waals surface area contributed by atoms with Crippen LogP contribution in [0.4, 0.5) is 8.78 Å². The van der Waals surface area contributed by atoms with Crippen LogP contribution in [0.5, 0.6) is 5.75 Å². The third-order valence-electron chi connectivity index (χ3n) is 3.15. The number of aliphatic carboxylic acids is 1. The van der Waals surface area contributed by atoms with E-state index in [4.69, 9.17) is 5.11 Å². The van der Waals surface area contributed by atoms with E-state index in [0.29, 0.717) is 18.5 Å². The van der Waals surface area contributed by atoms with Crippen molar-refractivity contribution in [1.82, 2.24) is 4.90 Å². The fourth-order valence-corrected chi connectivity index (χ4v) is 2.11. The average Bonchev–Trinajstić information content (AvgIpc) is 2.88. The fourth-order valence-electron chi connectivity index (χ4n) is 2.11. The van der Waals surface area contributed by atoms with Crippen molar-refractivity contribution in [3.05, 3.63) is 29.8 Å². The van der Waals surface area contributed by atoms with E-state index in [9.17, 15) is 18.4 Å². The van der Waals surface area contributed by atoms with Crippen molar-refractivity contribution in [2.75, 3.05) is 13.1 Å². The Balaban J connectivity index is 2.01. The van der Waals surface area contributed by atoms with E-state index in [2.05, 4.69) is 4.74 Å². The van der Waals surface area contributed by atoms with Crippen molar-refractivity contribution in [2.24, 2.45) is 5.92 Å². The molecule has 1 aromatic rings. The molecular weight excluding hydrogens is 272 g/mol. The Labute approximate surface area is 113 Å². The zero-order valence-corrected chi connectivity index (χ0v) is 10.5. The second kappa shape index (κ2) is 5.85. The summed E-state index contributed by atoms with van der Waals surface area (Å²) in [4.78, 5) is 24.4. The Bertz CT molecular complexity index is 504. The van der Waals surface area contributed by atoms with Crippen molar-refractivity contribution >= 4 is 11.9 Å². The summed E-state index contributed by atoms with van der Waals surface area (Å²) in [6, 6.07) is 5.33. The van der Waals surface area contributed by atoms with Gasteiger partial charge >= 0.3 is 12.6 Å². The lowest BCUT2D eigenvalue weighted by atomic mass is 10.1. The Morgan fingerprint density at radius 2 is 1.95 bits per heavy atom. The second-order valence-corrected chi connectivity index (χ2v) is 4.48. The monoisotopic (exact) mass is 285 g/mol. The van der Waals surface area contributed by atoms with Gasteiger partial charge in [0.15, 0.2) is 0 Å². The van der Waals surface area contributed by atoms with Crippen LogP contribution >= 0.6 is 0 Å². The van der Waals surface area contributed by atoms with Crippen molar-refractivity contribution in [3.8, 4) is 5.75 Å². The highest BCUT2D eigenvalue weighted by molar-refractivity contribution is 5.94. The molecule has 0 radical (unpaired) electrons. The van der Waals surface area contributed by atoms with Gasteiger partial charge in [-0.3, -0.25) is 9.59 Å². The minimum absolute atomic E-state index is 0.0265. The Kier molecular flexibility index (Phi) is 4.16. The summed E-state index contributed by atoms with van der Waals surface area (Å²) in [5.41, 5.74) is 0.317. The maximum Gasteiger partial charge on any atom is 0.387 e. The Hall–Kier alpha value is -2.18. The van der Waals surface area contributed by atoms with Crippen LogP contribution in [0.3, 0.4) is 0 Å². The maximum atomic E-state index is 12.1. The summed E-state index contributed by atoms with van der Waals surface area (Å²) in [5, 5.41) is 8.88. The fraction of sp³-hybridized carbons (Fsp3) is 0.385. The number of carbonyl (C=O) groups excluding carboxylic acids is 1. The lowest BCUT2D eigenvalue weighted by Crippen LogP contribution is -2.29. The number of rotatable bonds is 4. The molecule has 1 aliphatic rings. The standard InChI is InChI=1S/C13H13F2NO4/c14-13(15)20-10-3-1-8(2-4-10)11(17)16-6-5-9(7-16)12(18)19/h1-4,9,13H,5-7H2,(H,18,19). The predicted molar refractivity (Wildman–Crippen MR) is 64.7 cm³/mol. The van der Waals surface area contributed by atoms with E-state index in [1.54, 1.807) is 0 Å². The maximum absolute atomic E-state index is 12.1. The molecule has 0 spiro atoms. The van der Waals surface area contributed by atoms with Crippen molar-refractivity contribution in [2.45, 2.75) is 13.0 Å². The molecule has 20 heavy (non-hydrogen) atoms. The van der Waals surface area contributed by atoms with E-state index in [-0.39, 0.29) is 18.2 Å². The first-order valence-corrected chi connectivity index (χ1v) is 6.04. The molecule has 0 aromatic heterocycles. The van der Waals surface area contributed by atoms with Gasteiger partial charge in [0, 0.05) is 18.7 Å². The van der Waals surface area contributed by atoms with Crippen molar-refractivity contribution in [3.63, 3.8) is 0 Å². The molecule has 1 saturated heterocycles. The van der Waals surface area contributed by atoms with Crippen molar-refractivity contribution < 1.29 is 28.2 Å². The van der Waals surface area contributed by atoms with Gasteiger partial charge in [0.1, 0.15) is 5.75 Å². The van der Waals surface area contributed by atoms with Gasteiger partial charge in [0.2, 0.25) is 0 Å². The van der Waals surface area contributed by atoms with Crippen LogP contribution < -0.4 is 4.74 Å². The van der Waals surface area contributed by atoms with Crippen LogP contribution in [0.2, 0.25) is 0 Å². The van der Waals surface area contributed by atoms with Crippen LogP contribution in [0.15, 0.2) is 24.3 Å². The van der Waals surface area contributed by atoms with Crippen LogP contribution in [0, 0.1) is 5.92 Å². The normalized spacial score (nSPS) is 18.4. The van der Waals surface area contributed by atoms with E-state index in [1.165, 1.54) is 29.2 Å². The van der Waals surface area contributed by atoms with Gasteiger partial charge in [-0.05, 0) is 30.7 Å². The number of halogens is 2. The highest BCUT2D eigenvalue weighted by atomic mass is 19.3. The minimum Gasteiger partial charge on any atom is -0.481 e. The highest BCUT2D eigenvalue weighted by Gasteiger charge is 2.31. The molecule has 2 rings (SSSR count). The van der Waals surface area contributed by atoms with Crippen LogP contribution in [-0.2, 0) is 4.79 Å². The number of carboxylic acids is 1. The molecule has 1 fully saturated rings. The number of amides is 1. The number of carbonyl (C=O) groups is 2. The summed E-state index contributed by atoms with van der Waals surface area (Å²) >= 11 is 0. The number of alkyl halides is 2. The van der Waals surface area contributed by atoms with E-state index in [0.717, 1.165) is 0 Å². The molecule has 1 unspecified atom stereocenters. The Morgan fingerprint density at radius 3 is 2.45 bits per heavy atom. The van der Waals surface area contributed by atoms with Gasteiger partial charge < -0.3 is 14.7 Å². The first-order chi connectivity index (χ1) is 9.47. The van der Waals surface area contributed by atoms with E-state index in [1.807, 2.05) is 0 Å². The smallest absolute Gasteiger partial charge is 0.387 e. The number of benzene rings is 1. The zero-order valence-electron chi connectivity index (χ0n) is 10.5. The molecule has 1 aliphatic heterocycles. The van der Waals surface area contributed by atoms with Gasteiger partial charge in [0.25, 0.3) is 5.91 Å². The largest absolute Gasteiger partial charge is 0.481 e. The summed E-state index contributed by atoms with van der Waals surface area (Å²) in [5.74, 6) is -1.79. The molecule has 0 aliphatic carbocycles. The quantitative estimate of drug-likeness (QED) is 0.916. The lowest BCUT2D eigenvalue weighted by Gasteiger charge is -2.16. The Morgan fingerprint density at radius 1 is 1.30 bits per heavy atom. The topological polar surface area (TPSA) is 66.8 Å². The lowest BCUT2D eigenvalue weighted by molar-refractivity contribution is -0.141. The van der Waals surface area contributed by atoms with E-state index >= 15 is 0 Å². The molecule has 0 bridgehead atoms. The molecule has 1 heterocycles. The number of hydrogen-bond donors (Lipinski definition) is 1. The number of ether oxygens (including phenoxy) is 1. The molecule has 7 heteroatoms. The van der Waals surface area contributed by atoms with E-state index < -0.39 is 18.5 Å². The third kappa shape index (κ3) is 3.23. The average molecular weight is 285 g/mol. The van der Waals surface area contributed by atoms with Gasteiger partial charge in [-0.1, -0.05) is 0 Å². The summed E-state index contributed by atoms with van der Waals surface area (Å²) in [7, 11) is 0. The summed E-state index contributed by atoms with van der Waals surface area (Å²) < 4.78 is 28.2. The van der Waals surface area contributed by atoms with Crippen LogP contribution in [-0.4, -0.2) is 41.6 Å². The second-order valence-electron chi connectivity index (χ2n) is 4.48. The highest BCUT2D eigenvalue weighted by Crippen LogP contribution is 2.21. The zero-order chi connectivity index (χ0) is 14.7. The number of nitrogens with zero attached hydrogens (tertiary/aromatic N) is 1. The number of hydrogen-bond acceptors (Lipinski definition) is 3. The SMILES string of the molecule is O=C(O)C1CCN(C(=O)c2ccc(OC(F)F)cc2)C1. The molecule has 1 aromatic carbocycles.